The Morgan fingerprint density at radius 3 is 2.90 bits per heavy atom. The summed E-state index contributed by atoms with van der Waals surface area (Å²) >= 11 is 0. The van der Waals surface area contributed by atoms with Crippen molar-refractivity contribution in [1.29, 1.82) is 0 Å². The molecule has 0 saturated heterocycles. The molecule has 0 spiro atoms. The molecular weight excluding hydrogens is 260 g/mol. The van der Waals surface area contributed by atoms with E-state index in [-0.39, 0.29) is 11.7 Å². The molecular formula is C13H16N4O3. The predicted molar refractivity (Wildman–Crippen MR) is 73.9 cm³/mol. The van der Waals surface area contributed by atoms with Crippen LogP contribution < -0.4 is 10.1 Å². The van der Waals surface area contributed by atoms with Gasteiger partial charge in [-0.1, -0.05) is 12.1 Å². The topological polar surface area (TPSA) is 82.2 Å². The van der Waals surface area contributed by atoms with Crippen LogP contribution in [0, 0.1) is 17.0 Å². The van der Waals surface area contributed by atoms with E-state index >= 15 is 0 Å². The van der Waals surface area contributed by atoms with Gasteiger partial charge in [-0.2, -0.15) is 0 Å². The Kier molecular flexibility index (Phi) is 3.99. The van der Waals surface area contributed by atoms with E-state index < -0.39 is 4.92 Å². The minimum absolute atomic E-state index is 0.133. The van der Waals surface area contributed by atoms with E-state index in [1.807, 2.05) is 25.2 Å². The normalized spacial score (nSPS) is 10.6. The first-order valence-corrected chi connectivity index (χ1v) is 6.12. The van der Waals surface area contributed by atoms with Gasteiger partial charge >= 0.3 is 11.7 Å². The van der Waals surface area contributed by atoms with Crippen molar-refractivity contribution in [3.8, 4) is 11.6 Å². The van der Waals surface area contributed by atoms with Crippen molar-refractivity contribution in [2.45, 2.75) is 13.5 Å². The summed E-state index contributed by atoms with van der Waals surface area (Å²) in [6.45, 7) is 2.39. The molecule has 0 saturated carbocycles. The highest BCUT2D eigenvalue weighted by atomic mass is 16.6. The largest absolute Gasteiger partial charge is 0.434 e. The zero-order valence-electron chi connectivity index (χ0n) is 11.6. The molecule has 0 amide bonds. The molecule has 0 aliphatic heterocycles. The lowest BCUT2D eigenvalue weighted by Crippen LogP contribution is -2.05. The Labute approximate surface area is 116 Å². The first-order valence-electron chi connectivity index (χ1n) is 6.12. The van der Waals surface area contributed by atoms with Crippen LogP contribution in [0.5, 0.6) is 11.6 Å². The van der Waals surface area contributed by atoms with Crippen LogP contribution in [0.25, 0.3) is 0 Å². The monoisotopic (exact) mass is 276 g/mol. The molecule has 2 aromatic rings. The zero-order valence-corrected chi connectivity index (χ0v) is 11.6. The molecule has 0 radical (unpaired) electrons. The molecule has 1 aromatic heterocycles. The molecule has 0 aliphatic carbocycles. The van der Waals surface area contributed by atoms with E-state index in [2.05, 4.69) is 10.3 Å². The summed E-state index contributed by atoms with van der Waals surface area (Å²) in [4.78, 5) is 14.3. The van der Waals surface area contributed by atoms with Gasteiger partial charge in [0.05, 0.1) is 0 Å². The predicted octanol–water partition coefficient (Wildman–Crippen LogP) is 2.15. The lowest BCUT2D eigenvalue weighted by molar-refractivity contribution is -0.390. The summed E-state index contributed by atoms with van der Waals surface area (Å²) in [6.07, 6.45) is 0. The number of imidazole rings is 1. The minimum Gasteiger partial charge on any atom is -0.434 e. The number of benzene rings is 1. The molecule has 0 aliphatic rings. The number of rotatable bonds is 5. The fraction of sp³-hybridized carbons (Fsp3) is 0.308. The van der Waals surface area contributed by atoms with Crippen molar-refractivity contribution in [1.82, 2.24) is 14.9 Å². The van der Waals surface area contributed by atoms with Crippen molar-refractivity contribution in [2.75, 3.05) is 7.05 Å². The molecule has 0 atom stereocenters. The molecule has 0 fully saturated rings. The lowest BCUT2D eigenvalue weighted by Gasteiger charge is -2.07. The SMILES string of the molecule is CNCc1cccc(Oc2c([N+](=O)[O-])nc(C)n2C)c1. The zero-order chi connectivity index (χ0) is 14.7. The fourth-order valence-corrected chi connectivity index (χ4v) is 1.84. The van der Waals surface area contributed by atoms with Gasteiger partial charge in [0.25, 0.3) is 0 Å². The lowest BCUT2D eigenvalue weighted by atomic mass is 10.2. The molecule has 106 valence electrons. The Bertz CT molecular complexity index is 637. The molecule has 1 aromatic carbocycles. The van der Waals surface area contributed by atoms with E-state index in [1.165, 1.54) is 0 Å². The Hall–Kier alpha value is -2.41. The van der Waals surface area contributed by atoms with E-state index in [1.54, 1.807) is 24.6 Å². The molecule has 2 rings (SSSR count). The number of hydrogen-bond acceptors (Lipinski definition) is 5. The summed E-state index contributed by atoms with van der Waals surface area (Å²) in [5.74, 6) is 0.931. The van der Waals surface area contributed by atoms with Crippen LogP contribution in [0.3, 0.4) is 0 Å². The molecule has 1 N–H and O–H groups in total. The summed E-state index contributed by atoms with van der Waals surface area (Å²) in [5.41, 5.74) is 1.03. The van der Waals surface area contributed by atoms with Crippen LogP contribution in [-0.2, 0) is 13.6 Å². The van der Waals surface area contributed by atoms with Crippen LogP contribution in [0.15, 0.2) is 24.3 Å². The van der Waals surface area contributed by atoms with Gasteiger partial charge in [-0.15, -0.1) is 0 Å². The summed E-state index contributed by atoms with van der Waals surface area (Å²) in [5, 5.41) is 14.0. The second-order valence-electron chi connectivity index (χ2n) is 4.38. The summed E-state index contributed by atoms with van der Waals surface area (Å²) in [6, 6.07) is 7.39. The summed E-state index contributed by atoms with van der Waals surface area (Å²) < 4.78 is 7.20. The number of nitrogens with one attached hydrogen (secondary N) is 1. The third kappa shape index (κ3) is 2.77. The van der Waals surface area contributed by atoms with Crippen LogP contribution >= 0.6 is 0 Å². The molecule has 20 heavy (non-hydrogen) atoms. The fourth-order valence-electron chi connectivity index (χ4n) is 1.84. The first kappa shape index (κ1) is 14.0. The maximum atomic E-state index is 11.0. The number of nitro groups is 1. The number of aromatic nitrogens is 2. The Morgan fingerprint density at radius 1 is 1.50 bits per heavy atom. The van der Waals surface area contributed by atoms with E-state index in [4.69, 9.17) is 4.74 Å². The average Bonchev–Trinajstić information content (AvgIpc) is 2.68. The highest BCUT2D eigenvalue weighted by Crippen LogP contribution is 2.31. The second-order valence-corrected chi connectivity index (χ2v) is 4.38. The van der Waals surface area contributed by atoms with Gasteiger partial charge in [-0.25, -0.2) is 0 Å². The van der Waals surface area contributed by atoms with Gasteiger partial charge in [0.15, 0.2) is 0 Å². The van der Waals surface area contributed by atoms with Crippen molar-refractivity contribution >= 4 is 5.82 Å². The number of nitrogens with zero attached hydrogens (tertiary/aromatic N) is 3. The standard InChI is InChI=1S/C13H16N4O3/c1-9-15-12(17(18)19)13(16(9)3)20-11-6-4-5-10(7-11)8-14-2/h4-7,14H,8H2,1-3H3. The molecule has 1 heterocycles. The highest BCUT2D eigenvalue weighted by molar-refractivity contribution is 5.40. The minimum atomic E-state index is -0.542. The van der Waals surface area contributed by atoms with Gasteiger partial charge in [-0.05, 0) is 34.7 Å². The van der Waals surface area contributed by atoms with Gasteiger partial charge in [0.1, 0.15) is 5.75 Å². The van der Waals surface area contributed by atoms with Gasteiger partial charge < -0.3 is 20.2 Å². The Morgan fingerprint density at radius 2 is 2.25 bits per heavy atom. The smallest absolute Gasteiger partial charge is 0.427 e. The molecule has 0 unspecified atom stereocenters. The number of ether oxygens (including phenoxy) is 1. The van der Waals surface area contributed by atoms with Crippen LogP contribution in [0.2, 0.25) is 0 Å². The molecule has 0 bridgehead atoms. The maximum absolute atomic E-state index is 11.0. The third-order valence-electron chi connectivity index (χ3n) is 2.92. The number of aryl methyl sites for hydroxylation is 1. The van der Waals surface area contributed by atoms with E-state index in [9.17, 15) is 10.1 Å². The Balaban J connectivity index is 2.34. The van der Waals surface area contributed by atoms with Crippen molar-refractivity contribution < 1.29 is 9.66 Å². The van der Waals surface area contributed by atoms with Crippen LogP contribution in [0.4, 0.5) is 5.82 Å². The highest BCUT2D eigenvalue weighted by Gasteiger charge is 2.25. The van der Waals surface area contributed by atoms with Crippen LogP contribution in [0.1, 0.15) is 11.4 Å². The van der Waals surface area contributed by atoms with E-state index in [0.29, 0.717) is 18.1 Å². The van der Waals surface area contributed by atoms with Crippen molar-refractivity contribution in [3.05, 3.63) is 45.8 Å². The van der Waals surface area contributed by atoms with Crippen molar-refractivity contribution in [2.24, 2.45) is 7.05 Å². The third-order valence-corrected chi connectivity index (χ3v) is 2.92. The van der Waals surface area contributed by atoms with Crippen molar-refractivity contribution in [3.63, 3.8) is 0 Å². The molecule has 7 heteroatoms. The first-order chi connectivity index (χ1) is 9.52. The maximum Gasteiger partial charge on any atom is 0.427 e. The van der Waals surface area contributed by atoms with Gasteiger partial charge in [0, 0.05) is 20.5 Å². The van der Waals surface area contributed by atoms with E-state index in [0.717, 1.165) is 5.56 Å². The van der Waals surface area contributed by atoms with Gasteiger partial charge in [-0.3, -0.25) is 4.57 Å². The second kappa shape index (κ2) is 5.70. The van der Waals surface area contributed by atoms with Gasteiger partial charge in [0.2, 0.25) is 5.82 Å². The van der Waals surface area contributed by atoms with Crippen LogP contribution in [-0.4, -0.2) is 21.5 Å². The average molecular weight is 276 g/mol. The quantitative estimate of drug-likeness (QED) is 0.668. The summed E-state index contributed by atoms with van der Waals surface area (Å²) in [7, 11) is 3.53. The molecule has 7 nitrogen and oxygen atoms in total. The number of hydrogen-bond donors (Lipinski definition) is 1.